The number of hydrogen-bond acceptors (Lipinski definition) is 2. The lowest BCUT2D eigenvalue weighted by Gasteiger charge is -2.38. The monoisotopic (exact) mass is 213 g/mol. The molecule has 1 atom stereocenters. The van der Waals surface area contributed by atoms with Gasteiger partial charge in [-0.3, -0.25) is 4.99 Å². The van der Waals surface area contributed by atoms with E-state index in [1.165, 1.54) is 0 Å². The third kappa shape index (κ3) is 3.70. The predicted octanol–water partition coefficient (Wildman–Crippen LogP) is 0.986. The van der Waals surface area contributed by atoms with E-state index in [1.54, 1.807) is 7.05 Å². The fourth-order valence-corrected chi connectivity index (χ4v) is 1.38. The SMILES string of the molecule is CCC(C)NC(=NC)NCC1(C)COC1. The van der Waals surface area contributed by atoms with Crippen LogP contribution in [0.1, 0.15) is 27.2 Å². The van der Waals surface area contributed by atoms with Crippen LogP contribution < -0.4 is 10.6 Å². The highest BCUT2D eigenvalue weighted by Gasteiger charge is 2.33. The summed E-state index contributed by atoms with van der Waals surface area (Å²) in [6.45, 7) is 9.15. The van der Waals surface area contributed by atoms with E-state index in [-0.39, 0.29) is 5.41 Å². The average molecular weight is 213 g/mol. The molecule has 0 radical (unpaired) electrons. The second-order valence-corrected chi connectivity index (χ2v) is 4.68. The Morgan fingerprint density at radius 1 is 1.53 bits per heavy atom. The average Bonchev–Trinajstić information content (AvgIpc) is 2.21. The van der Waals surface area contributed by atoms with Crippen molar-refractivity contribution in [2.24, 2.45) is 10.4 Å². The zero-order valence-electron chi connectivity index (χ0n) is 10.3. The molecule has 0 aliphatic carbocycles. The molecule has 88 valence electrons. The minimum atomic E-state index is 0.285. The molecule has 15 heavy (non-hydrogen) atoms. The molecule has 0 amide bonds. The Morgan fingerprint density at radius 3 is 2.60 bits per heavy atom. The van der Waals surface area contributed by atoms with Crippen LogP contribution in [0.4, 0.5) is 0 Å². The second kappa shape index (κ2) is 5.35. The van der Waals surface area contributed by atoms with Crippen LogP contribution in [0.3, 0.4) is 0 Å². The Labute approximate surface area is 92.5 Å². The first kappa shape index (κ1) is 12.3. The zero-order chi connectivity index (χ0) is 11.3. The number of nitrogens with one attached hydrogen (secondary N) is 2. The van der Waals surface area contributed by atoms with E-state index in [0.717, 1.165) is 32.1 Å². The Morgan fingerprint density at radius 2 is 2.20 bits per heavy atom. The van der Waals surface area contributed by atoms with Gasteiger partial charge in [0.1, 0.15) is 0 Å². The van der Waals surface area contributed by atoms with E-state index < -0.39 is 0 Å². The summed E-state index contributed by atoms with van der Waals surface area (Å²) in [4.78, 5) is 4.19. The summed E-state index contributed by atoms with van der Waals surface area (Å²) in [6.07, 6.45) is 1.10. The molecule has 1 aliphatic heterocycles. The summed E-state index contributed by atoms with van der Waals surface area (Å²) < 4.78 is 5.21. The molecule has 4 heteroatoms. The molecule has 1 fully saturated rings. The Bertz CT molecular complexity index is 224. The Hall–Kier alpha value is -0.770. The largest absolute Gasteiger partial charge is 0.380 e. The number of rotatable bonds is 4. The highest BCUT2D eigenvalue weighted by molar-refractivity contribution is 5.79. The maximum atomic E-state index is 5.21. The van der Waals surface area contributed by atoms with Crippen LogP contribution in [0, 0.1) is 5.41 Å². The molecule has 0 saturated carbocycles. The molecule has 1 heterocycles. The topological polar surface area (TPSA) is 45.7 Å². The van der Waals surface area contributed by atoms with Gasteiger partial charge in [-0.15, -0.1) is 0 Å². The van der Waals surface area contributed by atoms with Gasteiger partial charge in [-0.25, -0.2) is 0 Å². The number of guanidine groups is 1. The van der Waals surface area contributed by atoms with Crippen molar-refractivity contribution in [1.82, 2.24) is 10.6 Å². The normalized spacial score (nSPS) is 21.7. The van der Waals surface area contributed by atoms with Gasteiger partial charge in [0.05, 0.1) is 13.2 Å². The lowest BCUT2D eigenvalue weighted by Crippen LogP contribution is -2.52. The van der Waals surface area contributed by atoms with Crippen molar-refractivity contribution in [2.75, 3.05) is 26.8 Å². The van der Waals surface area contributed by atoms with Crippen LogP contribution >= 0.6 is 0 Å². The van der Waals surface area contributed by atoms with Gasteiger partial charge in [-0.05, 0) is 13.3 Å². The van der Waals surface area contributed by atoms with Crippen molar-refractivity contribution in [3.63, 3.8) is 0 Å². The zero-order valence-corrected chi connectivity index (χ0v) is 10.3. The first-order valence-corrected chi connectivity index (χ1v) is 5.64. The fraction of sp³-hybridized carbons (Fsp3) is 0.909. The highest BCUT2D eigenvalue weighted by atomic mass is 16.5. The van der Waals surface area contributed by atoms with Crippen molar-refractivity contribution in [3.05, 3.63) is 0 Å². The van der Waals surface area contributed by atoms with Crippen LogP contribution in [0.15, 0.2) is 4.99 Å². The van der Waals surface area contributed by atoms with Crippen LogP contribution in [0.5, 0.6) is 0 Å². The molecule has 1 rings (SSSR count). The van der Waals surface area contributed by atoms with Gasteiger partial charge < -0.3 is 15.4 Å². The molecule has 1 unspecified atom stereocenters. The maximum Gasteiger partial charge on any atom is 0.191 e. The molecular formula is C11H23N3O. The van der Waals surface area contributed by atoms with Crippen LogP contribution in [-0.4, -0.2) is 38.8 Å². The summed E-state index contributed by atoms with van der Waals surface area (Å²) in [5.41, 5.74) is 0.285. The van der Waals surface area contributed by atoms with E-state index in [1.807, 2.05) is 0 Å². The summed E-state index contributed by atoms with van der Waals surface area (Å²) in [5.74, 6) is 0.887. The number of hydrogen-bond donors (Lipinski definition) is 2. The first-order valence-electron chi connectivity index (χ1n) is 5.64. The van der Waals surface area contributed by atoms with Gasteiger partial charge in [-0.2, -0.15) is 0 Å². The van der Waals surface area contributed by atoms with Crippen LogP contribution in [0.2, 0.25) is 0 Å². The second-order valence-electron chi connectivity index (χ2n) is 4.68. The Balaban J connectivity index is 2.28. The molecule has 0 aromatic rings. The van der Waals surface area contributed by atoms with Gasteiger partial charge in [0.15, 0.2) is 5.96 Å². The van der Waals surface area contributed by atoms with Gasteiger partial charge in [0.25, 0.3) is 0 Å². The van der Waals surface area contributed by atoms with E-state index in [2.05, 4.69) is 36.4 Å². The molecule has 1 saturated heterocycles. The third-order valence-electron chi connectivity index (χ3n) is 2.80. The van der Waals surface area contributed by atoms with E-state index in [0.29, 0.717) is 6.04 Å². The van der Waals surface area contributed by atoms with Gasteiger partial charge in [0, 0.05) is 25.0 Å². The van der Waals surface area contributed by atoms with Crippen molar-refractivity contribution in [3.8, 4) is 0 Å². The van der Waals surface area contributed by atoms with Gasteiger partial charge in [0.2, 0.25) is 0 Å². The smallest absolute Gasteiger partial charge is 0.191 e. The molecular weight excluding hydrogens is 190 g/mol. The van der Waals surface area contributed by atoms with Crippen molar-refractivity contribution in [2.45, 2.75) is 33.2 Å². The van der Waals surface area contributed by atoms with Gasteiger partial charge >= 0.3 is 0 Å². The van der Waals surface area contributed by atoms with Crippen molar-refractivity contribution < 1.29 is 4.74 Å². The standard InChI is InChI=1S/C11H23N3O/c1-5-9(2)14-10(12-4)13-6-11(3)7-15-8-11/h9H,5-8H2,1-4H3,(H2,12,13,14). The van der Waals surface area contributed by atoms with Gasteiger partial charge in [-0.1, -0.05) is 13.8 Å². The quantitative estimate of drug-likeness (QED) is 0.540. The van der Waals surface area contributed by atoms with E-state index >= 15 is 0 Å². The number of aliphatic imine (C=N–C) groups is 1. The molecule has 0 aromatic heterocycles. The molecule has 0 spiro atoms. The number of ether oxygens (including phenoxy) is 1. The summed E-state index contributed by atoms with van der Waals surface area (Å²) in [5, 5.41) is 6.67. The molecule has 0 bridgehead atoms. The first-order chi connectivity index (χ1) is 7.09. The van der Waals surface area contributed by atoms with Crippen LogP contribution in [-0.2, 0) is 4.74 Å². The summed E-state index contributed by atoms with van der Waals surface area (Å²) >= 11 is 0. The highest BCUT2D eigenvalue weighted by Crippen LogP contribution is 2.24. The maximum absolute atomic E-state index is 5.21. The fourth-order valence-electron chi connectivity index (χ4n) is 1.38. The van der Waals surface area contributed by atoms with E-state index in [9.17, 15) is 0 Å². The third-order valence-corrected chi connectivity index (χ3v) is 2.80. The van der Waals surface area contributed by atoms with E-state index in [4.69, 9.17) is 4.74 Å². The lowest BCUT2D eigenvalue weighted by molar-refractivity contribution is -0.0971. The van der Waals surface area contributed by atoms with Crippen LogP contribution in [0.25, 0.3) is 0 Å². The van der Waals surface area contributed by atoms with Crippen molar-refractivity contribution >= 4 is 5.96 Å². The minimum Gasteiger partial charge on any atom is -0.380 e. The Kier molecular flexibility index (Phi) is 4.39. The summed E-state index contributed by atoms with van der Waals surface area (Å²) in [7, 11) is 1.80. The molecule has 2 N–H and O–H groups in total. The van der Waals surface area contributed by atoms with Crippen molar-refractivity contribution in [1.29, 1.82) is 0 Å². The lowest BCUT2D eigenvalue weighted by atomic mass is 9.89. The number of nitrogens with zero attached hydrogens (tertiary/aromatic N) is 1. The predicted molar refractivity (Wildman–Crippen MR) is 63.2 cm³/mol. The summed E-state index contributed by atoms with van der Waals surface area (Å²) in [6, 6.07) is 0.460. The minimum absolute atomic E-state index is 0.285. The molecule has 4 nitrogen and oxygen atoms in total. The molecule has 0 aromatic carbocycles. The molecule has 1 aliphatic rings.